The quantitative estimate of drug-likeness (QED) is 0.401. The zero-order valence-corrected chi connectivity index (χ0v) is 19.0. The Labute approximate surface area is 196 Å². The van der Waals surface area contributed by atoms with Crippen molar-refractivity contribution in [3.8, 4) is 5.75 Å². The van der Waals surface area contributed by atoms with Crippen molar-refractivity contribution in [1.82, 2.24) is 29.8 Å². The lowest BCUT2D eigenvalue weighted by atomic mass is 9.73. The van der Waals surface area contributed by atoms with Crippen LogP contribution in [0.2, 0.25) is 0 Å². The number of pyridine rings is 1. The van der Waals surface area contributed by atoms with Crippen molar-refractivity contribution in [1.29, 1.82) is 0 Å². The molecule has 4 aromatic rings. The van der Waals surface area contributed by atoms with Crippen LogP contribution in [0.4, 0.5) is 0 Å². The molecule has 0 saturated carbocycles. The number of methoxy groups -OCH3 is 1. The largest absolute Gasteiger partial charge is 0.497 e. The normalized spacial score (nSPS) is 24.4. The van der Waals surface area contributed by atoms with Gasteiger partial charge in [-0.05, 0) is 61.1 Å². The lowest BCUT2D eigenvalue weighted by Gasteiger charge is -2.50. The van der Waals surface area contributed by atoms with E-state index in [9.17, 15) is 9.90 Å². The summed E-state index contributed by atoms with van der Waals surface area (Å²) in [5, 5.41) is 12.1. The second-order valence-corrected chi connectivity index (χ2v) is 8.81. The van der Waals surface area contributed by atoms with Crippen LogP contribution in [-0.2, 0) is 0 Å². The number of fused-ring (bicyclic) bond motifs is 5. The molecule has 0 amide bonds. The van der Waals surface area contributed by atoms with Gasteiger partial charge < -0.3 is 19.8 Å². The maximum Gasteiger partial charge on any atom is 0.276 e. The summed E-state index contributed by atoms with van der Waals surface area (Å²) in [4.78, 5) is 30.4. The molecule has 2 bridgehead atoms. The average molecular weight is 461 g/mol. The maximum absolute atomic E-state index is 11.2. The van der Waals surface area contributed by atoms with Crippen LogP contribution in [0.1, 0.15) is 24.5 Å². The topological polar surface area (TPSA) is 120 Å². The third-order valence-corrected chi connectivity index (χ3v) is 7.05. The zero-order chi connectivity index (χ0) is 23.7. The van der Waals surface area contributed by atoms with Gasteiger partial charge in [-0.15, -0.1) is 6.58 Å². The minimum absolute atomic E-state index is 0.178. The number of benzene rings is 1. The number of rotatable bonds is 4. The summed E-state index contributed by atoms with van der Waals surface area (Å²) in [6.45, 7) is 6.07. The SMILES string of the molecule is C=C[C@H]1C[N@]2CC[C@H]1C[C@H]2[C@H](O)c1ccnc2ccc(OC)cc12.O=c1[nH]cnc2nc[nH]c12. The second-order valence-electron chi connectivity index (χ2n) is 8.81. The van der Waals surface area contributed by atoms with E-state index >= 15 is 0 Å². The van der Waals surface area contributed by atoms with Gasteiger partial charge >= 0.3 is 0 Å². The summed E-state index contributed by atoms with van der Waals surface area (Å²) >= 11 is 0. The fourth-order valence-corrected chi connectivity index (χ4v) is 5.22. The fraction of sp³-hybridized carbons (Fsp3) is 0.360. The number of ether oxygens (including phenoxy) is 1. The monoisotopic (exact) mass is 460 g/mol. The van der Waals surface area contributed by atoms with Crippen LogP contribution in [0, 0.1) is 11.8 Å². The van der Waals surface area contributed by atoms with Gasteiger partial charge in [0.15, 0.2) is 11.2 Å². The van der Waals surface area contributed by atoms with Gasteiger partial charge in [0.1, 0.15) is 5.75 Å². The molecular weight excluding hydrogens is 432 g/mol. The van der Waals surface area contributed by atoms with Crippen LogP contribution < -0.4 is 10.3 Å². The van der Waals surface area contributed by atoms with Crippen molar-refractivity contribution >= 4 is 22.1 Å². The molecule has 176 valence electrons. The van der Waals surface area contributed by atoms with Crippen molar-refractivity contribution in [3.63, 3.8) is 0 Å². The highest BCUT2D eigenvalue weighted by atomic mass is 16.5. The van der Waals surface area contributed by atoms with Crippen LogP contribution in [0.25, 0.3) is 22.1 Å². The highest BCUT2D eigenvalue weighted by Crippen LogP contribution is 2.42. The van der Waals surface area contributed by atoms with Gasteiger partial charge in [0, 0.05) is 24.2 Å². The Morgan fingerprint density at radius 1 is 1.24 bits per heavy atom. The van der Waals surface area contributed by atoms with E-state index < -0.39 is 6.10 Å². The van der Waals surface area contributed by atoms with Gasteiger partial charge in [-0.3, -0.25) is 14.7 Å². The Balaban J connectivity index is 0.000000200. The van der Waals surface area contributed by atoms with Crippen molar-refractivity contribution in [2.45, 2.75) is 25.0 Å². The summed E-state index contributed by atoms with van der Waals surface area (Å²) in [6.07, 6.45) is 8.38. The van der Waals surface area contributed by atoms with E-state index in [2.05, 4.69) is 42.5 Å². The van der Waals surface area contributed by atoms with E-state index in [0.717, 1.165) is 41.7 Å². The third-order valence-electron chi connectivity index (χ3n) is 7.05. The van der Waals surface area contributed by atoms with Crippen molar-refractivity contribution in [2.75, 3.05) is 20.2 Å². The van der Waals surface area contributed by atoms with Crippen LogP contribution in [-0.4, -0.2) is 61.2 Å². The Kier molecular flexibility index (Phi) is 6.12. The fourth-order valence-electron chi connectivity index (χ4n) is 5.22. The standard InChI is InChI=1S/C20H24N2O2.C5H4N4O/c1-3-13-12-22-9-7-14(13)10-19(22)20(23)16-6-8-21-18-5-4-15(24-2)11-17(16)18;10-5-3-4(7-1-6-3)8-2-9-5/h3-6,8,11,13-14,19-20,23H,1,7,9-10,12H2,2H3;1-2H,(H2,6,7,8,9,10)/t13-,14-,19-,20+;/m0./s1. The van der Waals surface area contributed by atoms with Gasteiger partial charge in [-0.1, -0.05) is 6.08 Å². The molecule has 0 aliphatic carbocycles. The van der Waals surface area contributed by atoms with Crippen molar-refractivity contribution < 1.29 is 9.84 Å². The highest BCUT2D eigenvalue weighted by Gasteiger charge is 2.42. The first-order valence-corrected chi connectivity index (χ1v) is 11.4. The Hall–Kier alpha value is -3.56. The molecule has 0 spiro atoms. The number of H-pyrrole nitrogens is 2. The van der Waals surface area contributed by atoms with Gasteiger partial charge in [-0.2, -0.15) is 0 Å². The molecule has 3 N–H and O–H groups in total. The molecule has 7 rings (SSSR count). The van der Waals surface area contributed by atoms with Gasteiger partial charge in [0.25, 0.3) is 5.56 Å². The van der Waals surface area contributed by atoms with E-state index in [1.807, 2.05) is 24.3 Å². The lowest BCUT2D eigenvalue weighted by molar-refractivity contribution is -0.0444. The van der Waals surface area contributed by atoms with Crippen LogP contribution in [0.3, 0.4) is 0 Å². The summed E-state index contributed by atoms with van der Waals surface area (Å²) in [5.41, 5.74) is 2.52. The minimum Gasteiger partial charge on any atom is -0.497 e. The molecule has 34 heavy (non-hydrogen) atoms. The number of aliphatic hydroxyl groups excluding tert-OH is 1. The smallest absolute Gasteiger partial charge is 0.276 e. The predicted molar refractivity (Wildman–Crippen MR) is 130 cm³/mol. The number of imidazole rings is 1. The van der Waals surface area contributed by atoms with E-state index in [1.54, 1.807) is 13.3 Å². The number of aromatic amines is 2. The van der Waals surface area contributed by atoms with Gasteiger partial charge in [0.2, 0.25) is 0 Å². The molecule has 9 nitrogen and oxygen atoms in total. The first-order chi connectivity index (χ1) is 16.6. The molecule has 3 aromatic heterocycles. The molecule has 1 aromatic carbocycles. The molecule has 5 atom stereocenters. The molecule has 3 saturated heterocycles. The first-order valence-electron chi connectivity index (χ1n) is 11.4. The number of aliphatic hydroxyl groups is 1. The number of hydrogen-bond acceptors (Lipinski definition) is 7. The minimum atomic E-state index is -0.504. The first kappa shape index (κ1) is 22.2. The molecule has 9 heteroatoms. The average Bonchev–Trinajstić information content (AvgIpc) is 3.38. The molecule has 3 aliphatic heterocycles. The van der Waals surface area contributed by atoms with Crippen LogP contribution in [0.15, 0.2) is 60.6 Å². The van der Waals surface area contributed by atoms with E-state index in [0.29, 0.717) is 23.0 Å². The lowest BCUT2D eigenvalue weighted by Crippen LogP contribution is -2.54. The third kappa shape index (κ3) is 4.08. The Morgan fingerprint density at radius 3 is 2.76 bits per heavy atom. The molecule has 3 fully saturated rings. The second kappa shape index (κ2) is 9.36. The van der Waals surface area contributed by atoms with Gasteiger partial charge in [-0.25, -0.2) is 9.97 Å². The van der Waals surface area contributed by atoms with E-state index in [1.165, 1.54) is 19.1 Å². The summed E-state index contributed by atoms with van der Waals surface area (Å²) in [7, 11) is 1.66. The predicted octanol–water partition coefficient (Wildman–Crippen LogP) is 2.82. The van der Waals surface area contributed by atoms with E-state index in [-0.39, 0.29) is 11.6 Å². The van der Waals surface area contributed by atoms with Crippen molar-refractivity contribution in [2.24, 2.45) is 11.8 Å². The van der Waals surface area contributed by atoms with Crippen LogP contribution in [0.5, 0.6) is 5.75 Å². The molecule has 6 heterocycles. The molecular formula is C25H28N6O3. The van der Waals surface area contributed by atoms with Crippen molar-refractivity contribution in [3.05, 3.63) is 71.7 Å². The number of nitrogens with one attached hydrogen (secondary N) is 2. The summed E-state index contributed by atoms with van der Waals surface area (Å²) in [6, 6.07) is 7.96. The number of piperidine rings is 3. The molecule has 0 radical (unpaired) electrons. The summed E-state index contributed by atoms with van der Waals surface area (Å²) < 4.78 is 5.35. The maximum atomic E-state index is 11.2. The van der Waals surface area contributed by atoms with Gasteiger partial charge in [0.05, 0.1) is 31.4 Å². The molecule has 0 unspecified atom stereocenters. The highest BCUT2D eigenvalue weighted by molar-refractivity contribution is 5.84. The number of nitrogens with zero attached hydrogens (tertiary/aromatic N) is 4. The number of hydrogen-bond donors (Lipinski definition) is 3. The summed E-state index contributed by atoms with van der Waals surface area (Å²) in [5.74, 6) is 2.01. The van der Waals surface area contributed by atoms with E-state index in [4.69, 9.17) is 4.74 Å². The number of aromatic nitrogens is 5. The zero-order valence-electron chi connectivity index (χ0n) is 19.0. The molecule has 3 aliphatic rings. The Morgan fingerprint density at radius 2 is 2.06 bits per heavy atom. The Bertz CT molecular complexity index is 1370. The van der Waals surface area contributed by atoms with Crippen LogP contribution >= 0.6 is 0 Å².